The van der Waals surface area contributed by atoms with Crippen molar-refractivity contribution >= 4 is 17.0 Å². The Morgan fingerprint density at radius 3 is 2.24 bits per heavy atom. The third-order valence-electron chi connectivity index (χ3n) is 3.74. The van der Waals surface area contributed by atoms with Gasteiger partial charge < -0.3 is 14.7 Å². The summed E-state index contributed by atoms with van der Waals surface area (Å²) in [5.74, 6) is -21.9. The molecule has 3 aromatic rings. The molecule has 0 saturated heterocycles. The summed E-state index contributed by atoms with van der Waals surface area (Å²) in [6.07, 6.45) is -4.82. The zero-order valence-electron chi connectivity index (χ0n) is 13.7. The van der Waals surface area contributed by atoms with Crippen molar-refractivity contribution in [1.82, 2.24) is 19.9 Å². The van der Waals surface area contributed by atoms with Crippen LogP contribution in [0.1, 0.15) is 11.6 Å². The van der Waals surface area contributed by atoms with Crippen molar-refractivity contribution in [2.24, 2.45) is 0 Å². The topological polar surface area (TPSA) is 79.6 Å². The van der Waals surface area contributed by atoms with Crippen LogP contribution in [0.15, 0.2) is 29.1 Å². The number of halogens is 9. The van der Waals surface area contributed by atoms with E-state index < -0.39 is 40.9 Å². The normalized spacial score (nSPS) is 13.8. The Kier molecular flexibility index (Phi) is 4.66. The van der Waals surface area contributed by atoms with Crippen molar-refractivity contribution in [3.05, 3.63) is 36.3 Å². The van der Waals surface area contributed by atoms with Gasteiger partial charge in [-0.05, 0) is 12.1 Å². The van der Waals surface area contributed by atoms with Gasteiger partial charge in [-0.1, -0.05) is 0 Å². The number of anilines is 1. The van der Waals surface area contributed by atoms with Gasteiger partial charge in [0.1, 0.15) is 17.6 Å². The highest BCUT2D eigenvalue weighted by atomic mass is 19.4. The number of hydrogen-bond donors (Lipinski definition) is 2. The van der Waals surface area contributed by atoms with Gasteiger partial charge in [-0.25, -0.2) is 15.0 Å². The minimum absolute atomic E-state index is 0.0494. The van der Waals surface area contributed by atoms with E-state index in [1.165, 1.54) is 18.4 Å². The molecule has 0 bridgehead atoms. The number of fused-ring (bicyclic) bond motifs is 1. The molecule has 0 atom stereocenters. The summed E-state index contributed by atoms with van der Waals surface area (Å²) in [5, 5.41) is 2.57. The van der Waals surface area contributed by atoms with Crippen molar-refractivity contribution in [3.63, 3.8) is 0 Å². The summed E-state index contributed by atoms with van der Waals surface area (Å²) in [5.41, 5.74) is -1.18. The molecule has 3 aromatic heterocycles. The number of furan rings is 1. The molecule has 0 aliphatic carbocycles. The second-order valence-electron chi connectivity index (χ2n) is 5.66. The molecule has 6 nitrogen and oxygen atoms in total. The van der Waals surface area contributed by atoms with Gasteiger partial charge >= 0.3 is 23.9 Å². The molecule has 0 spiro atoms. The molecule has 0 radical (unpaired) electrons. The summed E-state index contributed by atoms with van der Waals surface area (Å²) in [6.45, 7) is -0.0494. The Morgan fingerprint density at radius 1 is 0.966 bits per heavy atom. The lowest BCUT2D eigenvalue weighted by Crippen LogP contribution is -2.59. The Hall–Kier alpha value is -3.00. The highest BCUT2D eigenvalue weighted by molar-refractivity contribution is 5.82. The minimum Gasteiger partial charge on any atom is -0.467 e. The van der Waals surface area contributed by atoms with E-state index in [-0.39, 0.29) is 12.4 Å². The lowest BCUT2D eigenvalue weighted by molar-refractivity contribution is -0.400. The first-order valence-corrected chi connectivity index (χ1v) is 7.46. The molecule has 0 aliphatic rings. The van der Waals surface area contributed by atoms with E-state index in [1.807, 2.05) is 0 Å². The van der Waals surface area contributed by atoms with Gasteiger partial charge in [0.15, 0.2) is 17.3 Å². The maximum atomic E-state index is 14.0. The lowest BCUT2D eigenvalue weighted by atomic mass is 10.0. The molecule has 29 heavy (non-hydrogen) atoms. The van der Waals surface area contributed by atoms with E-state index in [9.17, 15) is 39.5 Å². The van der Waals surface area contributed by atoms with E-state index in [4.69, 9.17) is 4.42 Å². The van der Waals surface area contributed by atoms with Crippen LogP contribution < -0.4 is 5.32 Å². The van der Waals surface area contributed by atoms with E-state index >= 15 is 0 Å². The van der Waals surface area contributed by atoms with Gasteiger partial charge in [0.05, 0.1) is 12.8 Å². The van der Waals surface area contributed by atoms with Crippen molar-refractivity contribution in [3.8, 4) is 0 Å². The third-order valence-corrected chi connectivity index (χ3v) is 3.74. The van der Waals surface area contributed by atoms with Crippen LogP contribution in [0.5, 0.6) is 0 Å². The largest absolute Gasteiger partial charge is 0.467 e. The molecule has 0 aliphatic heterocycles. The summed E-state index contributed by atoms with van der Waals surface area (Å²) in [7, 11) is 0. The average molecular weight is 433 g/mol. The van der Waals surface area contributed by atoms with Gasteiger partial charge in [0.2, 0.25) is 0 Å². The Balaban J connectivity index is 2.00. The van der Waals surface area contributed by atoms with Crippen molar-refractivity contribution in [2.45, 2.75) is 30.5 Å². The maximum Gasteiger partial charge on any atom is 0.460 e. The number of aromatic nitrogens is 4. The van der Waals surface area contributed by atoms with E-state index in [0.29, 0.717) is 5.76 Å². The van der Waals surface area contributed by atoms with Crippen LogP contribution in [0.4, 0.5) is 45.3 Å². The first-order valence-electron chi connectivity index (χ1n) is 7.46. The third kappa shape index (κ3) is 3.23. The van der Waals surface area contributed by atoms with Crippen LogP contribution in [0.2, 0.25) is 0 Å². The Bertz CT molecular complexity index is 997. The molecule has 15 heteroatoms. The second-order valence-corrected chi connectivity index (χ2v) is 5.66. The van der Waals surface area contributed by atoms with E-state index in [1.54, 1.807) is 4.98 Å². The molecule has 0 saturated carbocycles. The van der Waals surface area contributed by atoms with Gasteiger partial charge in [0, 0.05) is 0 Å². The van der Waals surface area contributed by atoms with Gasteiger partial charge in [0.25, 0.3) is 0 Å². The Morgan fingerprint density at radius 2 is 1.66 bits per heavy atom. The number of alkyl halides is 9. The van der Waals surface area contributed by atoms with E-state index in [2.05, 4.69) is 20.3 Å². The summed E-state index contributed by atoms with van der Waals surface area (Å²) < 4.78 is 123. The Labute approximate surface area is 154 Å². The molecule has 2 N–H and O–H groups in total. The fraction of sp³-hybridized carbons (Fsp3) is 0.357. The van der Waals surface area contributed by atoms with Crippen LogP contribution in [0, 0.1) is 0 Å². The van der Waals surface area contributed by atoms with Crippen molar-refractivity contribution < 1.29 is 43.9 Å². The fourth-order valence-electron chi connectivity index (χ4n) is 2.22. The number of nitrogens with zero attached hydrogens (tertiary/aromatic N) is 3. The van der Waals surface area contributed by atoms with Crippen LogP contribution in [-0.2, 0) is 12.5 Å². The molecule has 0 amide bonds. The van der Waals surface area contributed by atoms with Gasteiger partial charge in [-0.3, -0.25) is 0 Å². The summed E-state index contributed by atoms with van der Waals surface area (Å²) >= 11 is 0. The molecule has 3 rings (SSSR count). The molecule has 158 valence electrons. The highest BCUT2D eigenvalue weighted by Crippen LogP contribution is 2.56. The van der Waals surface area contributed by atoms with Crippen LogP contribution >= 0.6 is 0 Å². The van der Waals surface area contributed by atoms with Crippen molar-refractivity contribution in [2.75, 3.05) is 5.32 Å². The number of nitrogens with one attached hydrogen (secondary N) is 2. The second kappa shape index (κ2) is 6.52. The molecular formula is C14H8F9N5O. The van der Waals surface area contributed by atoms with E-state index in [0.717, 1.165) is 6.33 Å². The van der Waals surface area contributed by atoms with Crippen LogP contribution in [-0.4, -0.2) is 38.0 Å². The first kappa shape index (κ1) is 20.7. The molecule has 0 fully saturated rings. The molecular weight excluding hydrogens is 425 g/mol. The minimum atomic E-state index is -7.03. The van der Waals surface area contributed by atoms with Crippen LogP contribution in [0.25, 0.3) is 11.2 Å². The summed E-state index contributed by atoms with van der Waals surface area (Å²) in [4.78, 5) is 11.6. The number of imidazole rings is 1. The molecule has 0 aromatic carbocycles. The smallest absolute Gasteiger partial charge is 0.460 e. The average Bonchev–Trinajstić information content (AvgIpc) is 3.28. The van der Waals surface area contributed by atoms with Gasteiger partial charge in [-0.2, -0.15) is 39.5 Å². The molecule has 3 heterocycles. The zero-order valence-corrected chi connectivity index (χ0v) is 13.7. The highest BCUT2D eigenvalue weighted by Gasteiger charge is 2.82. The monoisotopic (exact) mass is 433 g/mol. The summed E-state index contributed by atoms with van der Waals surface area (Å²) in [6, 6.07) is 3.06. The van der Waals surface area contributed by atoms with Gasteiger partial charge in [-0.15, -0.1) is 0 Å². The zero-order chi connectivity index (χ0) is 21.7. The predicted octanol–water partition coefficient (Wildman–Crippen LogP) is 4.48. The number of rotatable bonds is 6. The predicted molar refractivity (Wildman–Crippen MR) is 77.6 cm³/mol. The van der Waals surface area contributed by atoms with Crippen molar-refractivity contribution in [1.29, 1.82) is 0 Å². The quantitative estimate of drug-likeness (QED) is 0.561. The fourth-order valence-corrected chi connectivity index (χ4v) is 2.22. The standard InChI is InChI=1S/C14H8F9N5O/c15-11(16,12(17,18)13(19,20)14(21,22)23)10-27-7-8(25-5-26-9(7)28-10)24-4-6-2-1-3-29-6/h1-3,5H,4H2,(H2,24,25,26,27,28). The first-order chi connectivity index (χ1) is 13.3. The number of H-pyrrole nitrogens is 1. The SMILES string of the molecule is FC(F)(F)C(F)(F)C(F)(F)C(F)(F)c1nc2ncnc(NCc3ccco3)c2[nH]1. The lowest BCUT2D eigenvalue weighted by Gasteiger charge is -2.32. The van der Waals surface area contributed by atoms with Crippen LogP contribution in [0.3, 0.4) is 0 Å². The number of aromatic amines is 1. The molecule has 0 unspecified atom stereocenters. The maximum absolute atomic E-state index is 14.0. The number of hydrogen-bond acceptors (Lipinski definition) is 5.